The number of carboxylic acids is 1. The summed E-state index contributed by atoms with van der Waals surface area (Å²) in [6, 6.07) is 13.5. The maximum Gasteiger partial charge on any atom is 0.304 e. The number of pyridine rings is 1. The maximum atomic E-state index is 12.1. The molecule has 1 aliphatic rings. The lowest BCUT2D eigenvalue weighted by Gasteiger charge is -2.30. The van der Waals surface area contributed by atoms with Crippen LogP contribution in [-0.4, -0.2) is 60.3 Å². The van der Waals surface area contributed by atoms with Gasteiger partial charge in [0.1, 0.15) is 5.52 Å². The fraction of sp³-hybridized carbons (Fsp3) is 0.357. The highest BCUT2D eigenvalue weighted by atomic mass is 35.5. The van der Waals surface area contributed by atoms with Crippen molar-refractivity contribution in [1.29, 1.82) is 0 Å². The second-order valence-corrected chi connectivity index (χ2v) is 10.2. The van der Waals surface area contributed by atoms with Crippen molar-refractivity contribution >= 4 is 28.6 Å². The van der Waals surface area contributed by atoms with E-state index in [1.165, 1.54) is 0 Å². The van der Waals surface area contributed by atoms with E-state index in [-0.39, 0.29) is 12.5 Å². The van der Waals surface area contributed by atoms with Crippen LogP contribution in [0.4, 0.5) is 0 Å². The van der Waals surface area contributed by atoms with Gasteiger partial charge in [0.25, 0.3) is 0 Å². The number of aliphatic carboxylic acids is 1. The molecule has 4 aromatic rings. The molecule has 1 saturated heterocycles. The Bertz CT molecular complexity index is 1450. The number of benzene rings is 2. The number of aliphatic hydroxyl groups excluding tert-OH is 1. The number of hydrogen-bond donors (Lipinski definition) is 2. The maximum absolute atomic E-state index is 12.1. The Kier molecular flexibility index (Phi) is 7.24. The Morgan fingerprint density at radius 1 is 1.24 bits per heavy atom. The highest BCUT2D eigenvalue weighted by Gasteiger charge is 2.25. The third-order valence-corrected chi connectivity index (χ3v) is 7.60. The summed E-state index contributed by atoms with van der Waals surface area (Å²) in [5.41, 5.74) is 6.91. The summed E-state index contributed by atoms with van der Waals surface area (Å²) in [6.45, 7) is 4.10. The molecule has 37 heavy (non-hydrogen) atoms. The zero-order valence-corrected chi connectivity index (χ0v) is 21.7. The van der Waals surface area contributed by atoms with Crippen LogP contribution in [0.2, 0.25) is 5.02 Å². The summed E-state index contributed by atoms with van der Waals surface area (Å²) in [5.74, 6) is -1.32. The summed E-state index contributed by atoms with van der Waals surface area (Å²) in [6.07, 6.45) is 3.06. The molecule has 1 fully saturated rings. The van der Waals surface area contributed by atoms with Crippen molar-refractivity contribution in [1.82, 2.24) is 24.9 Å². The van der Waals surface area contributed by atoms with Crippen LogP contribution in [0.5, 0.6) is 0 Å². The molecular formula is C28H30ClN5O3. The Morgan fingerprint density at radius 2 is 2.08 bits per heavy atom. The van der Waals surface area contributed by atoms with Crippen LogP contribution in [0.15, 0.2) is 48.7 Å². The van der Waals surface area contributed by atoms with Crippen LogP contribution in [-0.2, 0) is 18.4 Å². The van der Waals surface area contributed by atoms with E-state index < -0.39 is 11.9 Å². The number of piperidine rings is 1. The van der Waals surface area contributed by atoms with Crippen LogP contribution >= 0.6 is 11.6 Å². The predicted octanol–water partition coefficient (Wildman–Crippen LogP) is 4.56. The summed E-state index contributed by atoms with van der Waals surface area (Å²) >= 11 is 6.58. The largest absolute Gasteiger partial charge is 0.481 e. The van der Waals surface area contributed by atoms with E-state index in [4.69, 9.17) is 16.6 Å². The van der Waals surface area contributed by atoms with Crippen LogP contribution in [0.3, 0.4) is 0 Å². The second-order valence-electron chi connectivity index (χ2n) is 9.79. The van der Waals surface area contributed by atoms with Gasteiger partial charge in [-0.25, -0.2) is 4.68 Å². The summed E-state index contributed by atoms with van der Waals surface area (Å²) < 4.78 is 1.73. The van der Waals surface area contributed by atoms with Gasteiger partial charge in [-0.3, -0.25) is 14.7 Å². The van der Waals surface area contributed by atoms with Gasteiger partial charge < -0.3 is 10.2 Å². The molecule has 2 atom stereocenters. The van der Waals surface area contributed by atoms with Gasteiger partial charge in [-0.2, -0.15) is 0 Å². The molecule has 8 nitrogen and oxygen atoms in total. The van der Waals surface area contributed by atoms with E-state index in [2.05, 4.69) is 15.2 Å². The minimum Gasteiger partial charge on any atom is -0.481 e. The van der Waals surface area contributed by atoms with Gasteiger partial charge in [-0.05, 0) is 66.8 Å². The average molecular weight is 520 g/mol. The second kappa shape index (κ2) is 10.6. The Balaban J connectivity index is 1.57. The summed E-state index contributed by atoms with van der Waals surface area (Å²) in [5, 5.41) is 29.1. The molecule has 0 saturated carbocycles. The molecule has 3 heterocycles. The molecule has 2 aromatic carbocycles. The molecule has 0 amide bonds. The van der Waals surface area contributed by atoms with Crippen LogP contribution in [0.1, 0.15) is 47.4 Å². The number of rotatable bonds is 7. The molecule has 0 spiro atoms. The fourth-order valence-corrected chi connectivity index (χ4v) is 5.52. The standard InChI is InChI=1S/C28H30ClN5O3/c1-17-21(8-10-25-27(17)31-32-33(25)2)28-22(6-3-11-30-28)23(14-26(36)37)18-7-9-24(29)19(13-18)15-34-12-4-5-20(35)16-34/h3,6-11,13,20,23,35H,4-5,12,14-16H2,1-2H3,(H,36,37). The van der Waals surface area contributed by atoms with E-state index in [1.807, 2.05) is 56.4 Å². The lowest BCUT2D eigenvalue weighted by atomic mass is 9.84. The van der Waals surface area contributed by atoms with Crippen molar-refractivity contribution < 1.29 is 15.0 Å². The summed E-state index contributed by atoms with van der Waals surface area (Å²) in [7, 11) is 1.85. The Hall–Kier alpha value is -3.33. The van der Waals surface area contributed by atoms with E-state index in [1.54, 1.807) is 10.9 Å². The van der Waals surface area contributed by atoms with Crippen molar-refractivity contribution in [2.75, 3.05) is 13.1 Å². The molecule has 0 aliphatic carbocycles. The molecule has 0 radical (unpaired) electrons. The van der Waals surface area contributed by atoms with Gasteiger partial charge in [0, 0.05) is 42.8 Å². The minimum absolute atomic E-state index is 0.0887. The lowest BCUT2D eigenvalue weighted by molar-refractivity contribution is -0.137. The molecule has 2 unspecified atom stereocenters. The number of fused-ring (bicyclic) bond motifs is 1. The Morgan fingerprint density at radius 3 is 2.86 bits per heavy atom. The number of aryl methyl sites for hydroxylation is 2. The number of halogens is 1. The monoisotopic (exact) mass is 519 g/mol. The number of likely N-dealkylation sites (tertiary alicyclic amines) is 1. The van der Waals surface area contributed by atoms with Crippen molar-refractivity contribution in [2.45, 2.75) is 44.8 Å². The number of β-amino-alcohol motifs (C(OH)–C–C–N with tert-alkyl or cyclic N) is 1. The summed E-state index contributed by atoms with van der Waals surface area (Å²) in [4.78, 5) is 19.0. The molecule has 2 aromatic heterocycles. The first-order valence-corrected chi connectivity index (χ1v) is 12.8. The molecule has 0 bridgehead atoms. The third kappa shape index (κ3) is 5.23. The van der Waals surface area contributed by atoms with Crippen LogP contribution in [0, 0.1) is 6.92 Å². The third-order valence-electron chi connectivity index (χ3n) is 7.23. The van der Waals surface area contributed by atoms with Crippen molar-refractivity contribution in [3.8, 4) is 11.3 Å². The topological polar surface area (TPSA) is 104 Å². The zero-order chi connectivity index (χ0) is 26.1. The van der Waals surface area contributed by atoms with Crippen molar-refractivity contribution in [3.63, 3.8) is 0 Å². The Labute approximate surface area is 220 Å². The highest BCUT2D eigenvalue weighted by molar-refractivity contribution is 6.31. The number of aliphatic hydroxyl groups is 1. The van der Waals surface area contributed by atoms with Crippen molar-refractivity contribution in [2.24, 2.45) is 7.05 Å². The molecule has 5 rings (SSSR count). The van der Waals surface area contributed by atoms with Crippen LogP contribution in [0.25, 0.3) is 22.3 Å². The first-order valence-electron chi connectivity index (χ1n) is 12.5. The van der Waals surface area contributed by atoms with Gasteiger partial charge >= 0.3 is 5.97 Å². The highest BCUT2D eigenvalue weighted by Crippen LogP contribution is 2.38. The number of nitrogens with zero attached hydrogens (tertiary/aromatic N) is 5. The van der Waals surface area contributed by atoms with Gasteiger partial charge in [-0.1, -0.05) is 41.1 Å². The molecule has 9 heteroatoms. The number of hydrogen-bond acceptors (Lipinski definition) is 6. The first kappa shape index (κ1) is 25.3. The normalized spacial score (nSPS) is 17.2. The molecular weight excluding hydrogens is 490 g/mol. The SMILES string of the molecule is Cc1c(-c2ncccc2C(CC(=O)O)c2ccc(Cl)c(CN3CCCC(O)C3)c2)ccc2c1nnn2C. The molecule has 1 aliphatic heterocycles. The van der Waals surface area contributed by atoms with E-state index >= 15 is 0 Å². The van der Waals surface area contributed by atoms with Gasteiger partial charge in [0.15, 0.2) is 0 Å². The predicted molar refractivity (Wildman–Crippen MR) is 143 cm³/mol. The molecule has 192 valence electrons. The van der Waals surface area contributed by atoms with Gasteiger partial charge in [0.05, 0.1) is 23.7 Å². The zero-order valence-electron chi connectivity index (χ0n) is 20.9. The van der Waals surface area contributed by atoms with E-state index in [0.717, 1.165) is 63.9 Å². The van der Waals surface area contributed by atoms with E-state index in [0.29, 0.717) is 18.1 Å². The van der Waals surface area contributed by atoms with Gasteiger partial charge in [0.2, 0.25) is 0 Å². The van der Waals surface area contributed by atoms with Crippen molar-refractivity contribution in [3.05, 3.63) is 75.9 Å². The van der Waals surface area contributed by atoms with Gasteiger partial charge in [-0.15, -0.1) is 5.10 Å². The first-order chi connectivity index (χ1) is 17.8. The quantitative estimate of drug-likeness (QED) is 0.369. The smallest absolute Gasteiger partial charge is 0.304 e. The fourth-order valence-electron chi connectivity index (χ4n) is 5.34. The van der Waals surface area contributed by atoms with E-state index in [9.17, 15) is 15.0 Å². The minimum atomic E-state index is -0.892. The van der Waals surface area contributed by atoms with Crippen LogP contribution < -0.4 is 0 Å². The molecule has 2 N–H and O–H groups in total. The average Bonchev–Trinajstić information content (AvgIpc) is 3.26. The number of carbonyl (C=O) groups is 1. The lowest BCUT2D eigenvalue weighted by Crippen LogP contribution is -2.37. The number of aromatic nitrogens is 4. The number of carboxylic acid groups (broad SMARTS) is 1.